The number of hydrogen-bond acceptors (Lipinski definition) is 4. The molecule has 0 spiro atoms. The van der Waals surface area contributed by atoms with E-state index in [1.54, 1.807) is 13.0 Å². The Kier molecular flexibility index (Phi) is 5.04. The van der Waals surface area contributed by atoms with E-state index in [1.165, 1.54) is 12.1 Å². The first-order valence-corrected chi connectivity index (χ1v) is 7.19. The summed E-state index contributed by atoms with van der Waals surface area (Å²) in [6.45, 7) is 3.22. The lowest BCUT2D eigenvalue weighted by molar-refractivity contribution is -0.139. The molecule has 6 nitrogen and oxygen atoms in total. The van der Waals surface area contributed by atoms with Crippen LogP contribution in [0.15, 0.2) is 23.1 Å². The smallest absolute Gasteiger partial charge is 0.321 e. The van der Waals surface area contributed by atoms with Crippen molar-refractivity contribution in [3.05, 3.63) is 29.3 Å². The molecule has 106 valence electrons. The molecule has 0 radical (unpaired) electrons. The number of carbonyl (C=O) groups is 1. The molecule has 0 aromatic heterocycles. The van der Waals surface area contributed by atoms with Crippen LogP contribution in [-0.4, -0.2) is 37.2 Å². The fourth-order valence-corrected chi connectivity index (χ4v) is 2.81. The zero-order chi connectivity index (χ0) is 14.6. The summed E-state index contributed by atoms with van der Waals surface area (Å²) < 4.78 is 26.1. The quantitative estimate of drug-likeness (QED) is 0.703. The Hall–Kier alpha value is -1.44. The maximum absolute atomic E-state index is 12.0. The van der Waals surface area contributed by atoms with Crippen molar-refractivity contribution in [1.29, 1.82) is 0 Å². The fraction of sp³-hybridized carbons (Fsp3) is 0.417. The maximum Gasteiger partial charge on any atom is 0.321 e. The molecule has 0 aliphatic heterocycles. The average molecular weight is 287 g/mol. The molecule has 7 heteroatoms. The van der Waals surface area contributed by atoms with Gasteiger partial charge in [-0.3, -0.25) is 4.79 Å². The van der Waals surface area contributed by atoms with Crippen LogP contribution in [0.3, 0.4) is 0 Å². The monoisotopic (exact) mass is 287 g/mol. The molecule has 0 amide bonds. The lowest BCUT2D eigenvalue weighted by Gasteiger charge is -2.14. The molecular weight excluding hydrogens is 270 g/mol. The van der Waals surface area contributed by atoms with Gasteiger partial charge in [0.25, 0.3) is 0 Å². The number of aryl methyl sites for hydroxylation is 2. The van der Waals surface area contributed by atoms with Crippen molar-refractivity contribution in [2.24, 2.45) is 0 Å². The molecule has 1 aromatic carbocycles. The number of sulfonamides is 1. The van der Waals surface area contributed by atoms with Gasteiger partial charge in [-0.2, -0.15) is 4.72 Å². The zero-order valence-corrected chi connectivity index (χ0v) is 11.6. The number of aliphatic carboxylic acids is 1. The van der Waals surface area contributed by atoms with Gasteiger partial charge in [-0.15, -0.1) is 0 Å². The summed E-state index contributed by atoms with van der Waals surface area (Å²) in [6, 6.07) is 3.22. The van der Waals surface area contributed by atoms with Gasteiger partial charge in [-0.1, -0.05) is 6.07 Å². The molecule has 0 saturated heterocycles. The second-order valence-electron chi connectivity index (χ2n) is 4.27. The first-order chi connectivity index (χ1) is 8.77. The van der Waals surface area contributed by atoms with Crippen LogP contribution in [0, 0.1) is 13.8 Å². The first kappa shape index (κ1) is 15.6. The molecule has 0 aliphatic rings. The van der Waals surface area contributed by atoms with Crippen LogP contribution in [0.25, 0.3) is 0 Å². The lowest BCUT2D eigenvalue weighted by atomic mass is 10.1. The van der Waals surface area contributed by atoms with Crippen molar-refractivity contribution in [1.82, 2.24) is 4.72 Å². The Morgan fingerprint density at radius 3 is 2.42 bits per heavy atom. The van der Waals surface area contributed by atoms with Gasteiger partial charge in [0, 0.05) is 6.61 Å². The van der Waals surface area contributed by atoms with E-state index in [0.717, 1.165) is 11.1 Å². The molecule has 3 N–H and O–H groups in total. The maximum atomic E-state index is 12.0. The van der Waals surface area contributed by atoms with Gasteiger partial charge < -0.3 is 10.2 Å². The molecule has 1 unspecified atom stereocenters. The number of hydrogen-bond donors (Lipinski definition) is 3. The topological polar surface area (TPSA) is 104 Å². The number of aliphatic hydroxyl groups excluding tert-OH is 1. The molecule has 1 rings (SSSR count). The van der Waals surface area contributed by atoms with E-state index in [1.807, 2.05) is 6.92 Å². The Balaban J connectivity index is 3.03. The van der Waals surface area contributed by atoms with E-state index in [2.05, 4.69) is 4.72 Å². The number of rotatable bonds is 6. The minimum Gasteiger partial charge on any atom is -0.480 e. The normalized spacial score (nSPS) is 13.2. The largest absolute Gasteiger partial charge is 0.480 e. The van der Waals surface area contributed by atoms with Gasteiger partial charge >= 0.3 is 5.97 Å². The number of nitrogens with one attached hydrogen (secondary N) is 1. The summed E-state index contributed by atoms with van der Waals surface area (Å²) >= 11 is 0. The highest BCUT2D eigenvalue weighted by Gasteiger charge is 2.25. The van der Waals surface area contributed by atoms with Crippen molar-refractivity contribution in [3.63, 3.8) is 0 Å². The Morgan fingerprint density at radius 2 is 1.95 bits per heavy atom. The van der Waals surface area contributed by atoms with E-state index in [0.29, 0.717) is 0 Å². The van der Waals surface area contributed by atoms with E-state index in [9.17, 15) is 13.2 Å². The molecule has 19 heavy (non-hydrogen) atoms. The van der Waals surface area contributed by atoms with Crippen molar-refractivity contribution < 1.29 is 23.4 Å². The third kappa shape index (κ3) is 4.02. The summed E-state index contributed by atoms with van der Waals surface area (Å²) in [5.41, 5.74) is 1.75. The van der Waals surface area contributed by atoms with Gasteiger partial charge in [-0.25, -0.2) is 8.42 Å². The van der Waals surface area contributed by atoms with E-state index in [4.69, 9.17) is 10.2 Å². The summed E-state index contributed by atoms with van der Waals surface area (Å²) in [5.74, 6) is -1.32. The van der Waals surface area contributed by atoms with Crippen molar-refractivity contribution in [2.45, 2.75) is 31.2 Å². The first-order valence-electron chi connectivity index (χ1n) is 5.71. The predicted molar refractivity (Wildman–Crippen MR) is 69.4 cm³/mol. The highest BCUT2D eigenvalue weighted by Crippen LogP contribution is 2.15. The van der Waals surface area contributed by atoms with Crippen LogP contribution in [0.4, 0.5) is 0 Å². The van der Waals surface area contributed by atoms with Crippen molar-refractivity contribution >= 4 is 16.0 Å². The highest BCUT2D eigenvalue weighted by atomic mass is 32.2. The number of carboxylic acid groups (broad SMARTS) is 1. The molecular formula is C12H17NO5S. The summed E-state index contributed by atoms with van der Waals surface area (Å²) in [5, 5.41) is 17.6. The minimum absolute atomic E-state index is 0.0137. The summed E-state index contributed by atoms with van der Waals surface area (Å²) in [6.07, 6.45) is -0.181. The third-order valence-electron chi connectivity index (χ3n) is 2.80. The SMILES string of the molecule is Cc1ccc(S(=O)(=O)NC(CCO)C(=O)O)cc1C. The van der Waals surface area contributed by atoms with Gasteiger partial charge in [0.05, 0.1) is 4.90 Å². The molecule has 0 saturated carbocycles. The van der Waals surface area contributed by atoms with Crippen LogP contribution >= 0.6 is 0 Å². The molecule has 0 fully saturated rings. The Labute approximate surface area is 112 Å². The Bertz CT molecular complexity index is 567. The van der Waals surface area contributed by atoms with Crippen LogP contribution in [0.2, 0.25) is 0 Å². The summed E-state index contributed by atoms with van der Waals surface area (Å²) in [4.78, 5) is 10.9. The molecule has 0 bridgehead atoms. The van der Waals surface area contributed by atoms with Gasteiger partial charge in [0.2, 0.25) is 10.0 Å². The molecule has 1 aromatic rings. The van der Waals surface area contributed by atoms with Crippen LogP contribution in [0.1, 0.15) is 17.5 Å². The van der Waals surface area contributed by atoms with Crippen molar-refractivity contribution in [3.8, 4) is 0 Å². The fourth-order valence-electron chi connectivity index (χ4n) is 1.50. The van der Waals surface area contributed by atoms with Gasteiger partial charge in [0.1, 0.15) is 6.04 Å². The molecule has 0 aliphatic carbocycles. The minimum atomic E-state index is -3.91. The molecule has 1 atom stereocenters. The second kappa shape index (κ2) is 6.14. The van der Waals surface area contributed by atoms with E-state index >= 15 is 0 Å². The Morgan fingerprint density at radius 1 is 1.32 bits per heavy atom. The second-order valence-corrected chi connectivity index (χ2v) is 5.98. The van der Waals surface area contributed by atoms with Crippen LogP contribution < -0.4 is 4.72 Å². The highest BCUT2D eigenvalue weighted by molar-refractivity contribution is 7.89. The number of aliphatic hydroxyl groups is 1. The van der Waals surface area contributed by atoms with Gasteiger partial charge in [-0.05, 0) is 43.5 Å². The van der Waals surface area contributed by atoms with Crippen molar-refractivity contribution in [2.75, 3.05) is 6.61 Å². The third-order valence-corrected chi connectivity index (χ3v) is 4.27. The number of carboxylic acids is 1. The van der Waals surface area contributed by atoms with E-state index < -0.39 is 28.6 Å². The number of benzene rings is 1. The lowest BCUT2D eigenvalue weighted by Crippen LogP contribution is -2.41. The average Bonchev–Trinajstić information content (AvgIpc) is 2.31. The molecule has 0 heterocycles. The van der Waals surface area contributed by atoms with Crippen LogP contribution in [0.5, 0.6) is 0 Å². The standard InChI is InChI=1S/C12H17NO5S/c1-8-3-4-10(7-9(8)2)19(17,18)13-11(5-6-14)12(15)16/h3-4,7,11,13-14H,5-6H2,1-2H3,(H,15,16). The van der Waals surface area contributed by atoms with Gasteiger partial charge in [0.15, 0.2) is 0 Å². The summed E-state index contributed by atoms with van der Waals surface area (Å²) in [7, 11) is -3.91. The van der Waals surface area contributed by atoms with Crippen LogP contribution in [-0.2, 0) is 14.8 Å². The zero-order valence-electron chi connectivity index (χ0n) is 10.8. The van der Waals surface area contributed by atoms with E-state index in [-0.39, 0.29) is 11.3 Å². The predicted octanol–water partition coefficient (Wildman–Crippen LogP) is 0.417.